The fourth-order valence-electron chi connectivity index (χ4n) is 2.00. The molecule has 0 atom stereocenters. The quantitative estimate of drug-likeness (QED) is 0.832. The van der Waals surface area contributed by atoms with Crippen LogP contribution in [0, 0.1) is 5.82 Å². The van der Waals surface area contributed by atoms with E-state index in [9.17, 15) is 14.0 Å². The van der Waals surface area contributed by atoms with E-state index in [1.54, 1.807) is 17.0 Å². The van der Waals surface area contributed by atoms with Crippen molar-refractivity contribution in [1.82, 2.24) is 10.2 Å². The Hall–Kier alpha value is -1.08. The Morgan fingerprint density at radius 2 is 2.29 bits per heavy atom. The largest absolute Gasteiger partial charge is 0.356 e. The maximum absolute atomic E-state index is 13.1. The standard InChI is InChI=1S/C14H16BrFN2O2S/c15-11-9-10(1-2-12(11)16)3-5-17-13(19)4-6-18-7-8-21-14(18)20/h1-2,9H,3-8H2,(H,17,19). The van der Waals surface area contributed by atoms with Gasteiger partial charge in [-0.25, -0.2) is 4.39 Å². The van der Waals surface area contributed by atoms with Crippen LogP contribution in [0.2, 0.25) is 0 Å². The van der Waals surface area contributed by atoms with Crippen LogP contribution >= 0.6 is 27.7 Å². The SMILES string of the molecule is O=C(CCN1CCSC1=O)NCCc1ccc(F)c(Br)c1. The highest BCUT2D eigenvalue weighted by molar-refractivity contribution is 9.10. The number of carbonyl (C=O) groups is 2. The number of halogens is 2. The Balaban J connectivity index is 1.67. The van der Waals surface area contributed by atoms with Crippen molar-refractivity contribution < 1.29 is 14.0 Å². The molecule has 1 aliphatic heterocycles. The monoisotopic (exact) mass is 374 g/mol. The predicted molar refractivity (Wildman–Crippen MR) is 84.9 cm³/mol. The summed E-state index contributed by atoms with van der Waals surface area (Å²) in [6.45, 7) is 1.69. The Morgan fingerprint density at radius 1 is 1.48 bits per heavy atom. The van der Waals surface area contributed by atoms with E-state index in [0.29, 0.717) is 30.4 Å². The minimum atomic E-state index is -0.295. The lowest BCUT2D eigenvalue weighted by atomic mass is 10.1. The summed E-state index contributed by atoms with van der Waals surface area (Å²) in [7, 11) is 0. The predicted octanol–water partition coefficient (Wildman–Crippen LogP) is 2.81. The van der Waals surface area contributed by atoms with Crippen LogP contribution in [0.4, 0.5) is 9.18 Å². The van der Waals surface area contributed by atoms with Crippen molar-refractivity contribution in [2.24, 2.45) is 0 Å². The van der Waals surface area contributed by atoms with Gasteiger partial charge in [-0.3, -0.25) is 9.59 Å². The first kappa shape index (κ1) is 16.3. The number of carbonyl (C=O) groups excluding carboxylic acids is 2. The average molecular weight is 375 g/mol. The lowest BCUT2D eigenvalue weighted by Gasteiger charge is -2.13. The third kappa shape index (κ3) is 5.00. The molecule has 1 aromatic carbocycles. The van der Waals surface area contributed by atoms with Crippen LogP contribution < -0.4 is 5.32 Å². The Labute approximate surface area is 135 Å². The van der Waals surface area contributed by atoms with Crippen molar-refractivity contribution in [2.75, 3.05) is 25.4 Å². The zero-order valence-corrected chi connectivity index (χ0v) is 13.8. The summed E-state index contributed by atoms with van der Waals surface area (Å²) in [6.07, 6.45) is 0.961. The lowest BCUT2D eigenvalue weighted by Crippen LogP contribution is -2.31. The summed E-state index contributed by atoms with van der Waals surface area (Å²) in [4.78, 5) is 24.8. The smallest absolute Gasteiger partial charge is 0.281 e. The van der Waals surface area contributed by atoms with E-state index in [1.165, 1.54) is 17.8 Å². The Bertz CT molecular complexity index is 542. The number of hydrogen-bond acceptors (Lipinski definition) is 3. The molecule has 0 unspecified atom stereocenters. The van der Waals surface area contributed by atoms with Gasteiger partial charge in [0, 0.05) is 31.8 Å². The number of hydrogen-bond donors (Lipinski definition) is 1. The van der Waals surface area contributed by atoms with Gasteiger partial charge in [0.15, 0.2) is 0 Å². The summed E-state index contributed by atoms with van der Waals surface area (Å²) in [6, 6.07) is 4.81. The summed E-state index contributed by atoms with van der Waals surface area (Å²) in [5.41, 5.74) is 0.953. The molecular weight excluding hydrogens is 359 g/mol. The third-order valence-corrected chi connectivity index (χ3v) is 4.67. The average Bonchev–Trinajstić information content (AvgIpc) is 2.86. The zero-order valence-electron chi connectivity index (χ0n) is 11.4. The Kier molecular flexibility index (Phi) is 6.05. The number of rotatable bonds is 6. The highest BCUT2D eigenvalue weighted by Gasteiger charge is 2.21. The molecule has 1 N–H and O–H groups in total. The molecule has 7 heteroatoms. The zero-order chi connectivity index (χ0) is 15.2. The van der Waals surface area contributed by atoms with Gasteiger partial charge in [-0.2, -0.15) is 0 Å². The highest BCUT2D eigenvalue weighted by atomic mass is 79.9. The molecule has 0 saturated carbocycles. The summed E-state index contributed by atoms with van der Waals surface area (Å²) in [5, 5.41) is 2.87. The summed E-state index contributed by atoms with van der Waals surface area (Å²) in [5.74, 6) is 0.441. The van der Waals surface area contributed by atoms with Crippen molar-refractivity contribution in [1.29, 1.82) is 0 Å². The van der Waals surface area contributed by atoms with E-state index >= 15 is 0 Å². The van der Waals surface area contributed by atoms with Gasteiger partial charge in [0.1, 0.15) is 5.82 Å². The molecule has 1 heterocycles. The van der Waals surface area contributed by atoms with Crippen LogP contribution in [0.3, 0.4) is 0 Å². The topological polar surface area (TPSA) is 49.4 Å². The van der Waals surface area contributed by atoms with E-state index in [2.05, 4.69) is 21.2 Å². The second kappa shape index (κ2) is 7.79. The van der Waals surface area contributed by atoms with Crippen LogP contribution in [0.25, 0.3) is 0 Å². The van der Waals surface area contributed by atoms with Crippen molar-refractivity contribution in [2.45, 2.75) is 12.8 Å². The van der Waals surface area contributed by atoms with Crippen LogP contribution in [0.15, 0.2) is 22.7 Å². The molecule has 4 nitrogen and oxygen atoms in total. The van der Waals surface area contributed by atoms with Crippen LogP contribution in [-0.2, 0) is 11.2 Å². The maximum atomic E-state index is 13.1. The van der Waals surface area contributed by atoms with Crippen LogP contribution in [-0.4, -0.2) is 41.4 Å². The molecule has 0 aromatic heterocycles. The molecule has 1 fully saturated rings. The van der Waals surface area contributed by atoms with Gasteiger partial charge in [0.25, 0.3) is 5.24 Å². The number of nitrogens with one attached hydrogen (secondary N) is 1. The van der Waals surface area contributed by atoms with Gasteiger partial charge in [-0.15, -0.1) is 0 Å². The molecule has 0 aliphatic carbocycles. The summed E-state index contributed by atoms with van der Waals surface area (Å²) < 4.78 is 13.5. The van der Waals surface area contributed by atoms with Gasteiger partial charge in [0.05, 0.1) is 4.47 Å². The molecule has 0 spiro atoms. The van der Waals surface area contributed by atoms with Crippen molar-refractivity contribution in [3.63, 3.8) is 0 Å². The number of thioether (sulfide) groups is 1. The summed E-state index contributed by atoms with van der Waals surface area (Å²) >= 11 is 4.43. The Morgan fingerprint density at radius 3 is 2.95 bits per heavy atom. The first-order valence-corrected chi connectivity index (χ1v) is 8.46. The molecule has 0 radical (unpaired) electrons. The van der Waals surface area contributed by atoms with Gasteiger partial charge in [-0.1, -0.05) is 17.8 Å². The normalized spacial score (nSPS) is 14.6. The van der Waals surface area contributed by atoms with Crippen molar-refractivity contribution in [3.05, 3.63) is 34.1 Å². The van der Waals surface area contributed by atoms with E-state index in [1.807, 2.05) is 0 Å². The van der Waals surface area contributed by atoms with Crippen molar-refractivity contribution in [3.8, 4) is 0 Å². The number of benzene rings is 1. The van der Waals surface area contributed by atoms with Gasteiger partial charge in [0.2, 0.25) is 5.91 Å². The third-order valence-electron chi connectivity index (χ3n) is 3.17. The van der Waals surface area contributed by atoms with Crippen molar-refractivity contribution >= 4 is 38.8 Å². The second-order valence-corrected chi connectivity index (χ2v) is 6.60. The van der Waals surface area contributed by atoms with E-state index < -0.39 is 0 Å². The number of amides is 2. The van der Waals surface area contributed by atoms with E-state index in [4.69, 9.17) is 0 Å². The lowest BCUT2D eigenvalue weighted by molar-refractivity contribution is -0.121. The number of nitrogens with zero attached hydrogens (tertiary/aromatic N) is 1. The molecule has 21 heavy (non-hydrogen) atoms. The molecule has 1 aromatic rings. The van der Waals surface area contributed by atoms with Crippen LogP contribution in [0.1, 0.15) is 12.0 Å². The minimum absolute atomic E-state index is 0.0546. The highest BCUT2D eigenvalue weighted by Crippen LogP contribution is 2.17. The molecule has 2 amide bonds. The second-order valence-electron chi connectivity index (χ2n) is 4.70. The molecule has 1 aliphatic rings. The molecular formula is C14H16BrFN2O2S. The first-order chi connectivity index (χ1) is 10.1. The van der Waals surface area contributed by atoms with Gasteiger partial charge in [-0.05, 0) is 40.0 Å². The molecule has 114 valence electrons. The maximum Gasteiger partial charge on any atom is 0.281 e. The van der Waals surface area contributed by atoms with Gasteiger partial charge >= 0.3 is 0 Å². The first-order valence-electron chi connectivity index (χ1n) is 6.68. The molecule has 2 rings (SSSR count). The van der Waals surface area contributed by atoms with Crippen LogP contribution in [0.5, 0.6) is 0 Å². The van der Waals surface area contributed by atoms with E-state index in [-0.39, 0.29) is 17.0 Å². The molecule has 0 bridgehead atoms. The fourth-order valence-corrected chi connectivity index (χ4v) is 3.27. The van der Waals surface area contributed by atoms with Gasteiger partial charge < -0.3 is 10.2 Å². The molecule has 1 saturated heterocycles. The minimum Gasteiger partial charge on any atom is -0.356 e. The van der Waals surface area contributed by atoms with E-state index in [0.717, 1.165) is 17.9 Å². The fraction of sp³-hybridized carbons (Fsp3) is 0.429.